The Morgan fingerprint density at radius 2 is 1.35 bits per heavy atom. The quantitative estimate of drug-likeness (QED) is 0.409. The summed E-state index contributed by atoms with van der Waals surface area (Å²) in [4.78, 5) is 2.79. The van der Waals surface area contributed by atoms with Crippen molar-refractivity contribution in [2.24, 2.45) is 5.92 Å². The summed E-state index contributed by atoms with van der Waals surface area (Å²) in [6.07, 6.45) is 19.1. The number of rotatable bonds is 14. The highest BCUT2D eigenvalue weighted by molar-refractivity contribution is 4.79. The van der Waals surface area contributed by atoms with E-state index in [1.807, 2.05) is 0 Å². The van der Waals surface area contributed by atoms with E-state index >= 15 is 0 Å². The van der Waals surface area contributed by atoms with Crippen molar-refractivity contribution in [3.05, 3.63) is 0 Å². The first-order valence-electron chi connectivity index (χ1n) is 10.7. The van der Waals surface area contributed by atoms with Crippen LogP contribution >= 0.6 is 0 Å². The highest BCUT2D eigenvalue weighted by Gasteiger charge is 2.24. The molecule has 0 bridgehead atoms. The first-order chi connectivity index (χ1) is 11.3. The molecule has 1 atom stereocenters. The van der Waals surface area contributed by atoms with Gasteiger partial charge in [0.1, 0.15) is 0 Å². The van der Waals surface area contributed by atoms with Crippen molar-refractivity contribution < 1.29 is 5.11 Å². The third kappa shape index (κ3) is 9.72. The van der Waals surface area contributed by atoms with Gasteiger partial charge < -0.3 is 10.0 Å². The largest absolute Gasteiger partial charge is 0.396 e. The first kappa shape index (κ1) is 21.0. The maximum atomic E-state index is 9.13. The molecule has 0 amide bonds. The van der Waals surface area contributed by atoms with E-state index < -0.39 is 0 Å². The molecule has 0 aromatic rings. The van der Waals surface area contributed by atoms with Gasteiger partial charge in [0.05, 0.1) is 0 Å². The molecule has 2 heteroatoms. The van der Waals surface area contributed by atoms with E-state index in [9.17, 15) is 0 Å². The summed E-state index contributed by atoms with van der Waals surface area (Å²) < 4.78 is 0. The summed E-state index contributed by atoms with van der Waals surface area (Å²) in [6, 6.07) is 0.837. The lowest BCUT2D eigenvalue weighted by atomic mass is 9.91. The lowest BCUT2D eigenvalue weighted by Gasteiger charge is -2.38. The molecule has 138 valence electrons. The van der Waals surface area contributed by atoms with Crippen LogP contribution in [0.5, 0.6) is 0 Å². The molecular formula is C21H43NO. The number of aliphatic hydroxyl groups excluding tert-OH is 1. The van der Waals surface area contributed by atoms with Gasteiger partial charge >= 0.3 is 0 Å². The molecule has 1 heterocycles. The maximum Gasteiger partial charge on any atom is 0.0433 e. The Hall–Kier alpha value is -0.0800. The molecule has 0 aromatic heterocycles. The van der Waals surface area contributed by atoms with E-state index in [1.165, 1.54) is 96.6 Å². The van der Waals surface area contributed by atoms with Gasteiger partial charge in [0.15, 0.2) is 0 Å². The average molecular weight is 326 g/mol. The lowest BCUT2D eigenvalue weighted by molar-refractivity contribution is 0.105. The van der Waals surface area contributed by atoms with Gasteiger partial charge in [-0.15, -0.1) is 0 Å². The molecule has 1 N–H and O–H groups in total. The van der Waals surface area contributed by atoms with Crippen LogP contribution < -0.4 is 0 Å². The summed E-state index contributed by atoms with van der Waals surface area (Å²) in [5.41, 5.74) is 0. The zero-order chi connectivity index (χ0) is 16.8. The summed E-state index contributed by atoms with van der Waals surface area (Å²) >= 11 is 0. The lowest BCUT2D eigenvalue weighted by Crippen LogP contribution is -2.41. The Balaban J connectivity index is 2.31. The number of hydrogen-bond donors (Lipinski definition) is 1. The van der Waals surface area contributed by atoms with Crippen molar-refractivity contribution in [1.29, 1.82) is 0 Å². The summed E-state index contributed by atoms with van der Waals surface area (Å²) in [7, 11) is 0. The molecule has 1 rings (SSSR count). The van der Waals surface area contributed by atoms with Crippen LogP contribution in [0, 0.1) is 5.92 Å². The van der Waals surface area contributed by atoms with Gasteiger partial charge in [-0.1, -0.05) is 71.6 Å². The topological polar surface area (TPSA) is 23.5 Å². The van der Waals surface area contributed by atoms with Gasteiger partial charge in [0, 0.05) is 12.6 Å². The maximum absolute atomic E-state index is 9.13. The molecule has 0 radical (unpaired) electrons. The van der Waals surface area contributed by atoms with Crippen LogP contribution in [0.1, 0.15) is 104 Å². The van der Waals surface area contributed by atoms with E-state index in [4.69, 9.17) is 5.11 Å². The molecular weight excluding hydrogens is 282 g/mol. The summed E-state index contributed by atoms with van der Waals surface area (Å²) in [5, 5.41) is 9.13. The van der Waals surface area contributed by atoms with Gasteiger partial charge in [0.2, 0.25) is 0 Å². The number of hydrogen-bond acceptors (Lipinski definition) is 2. The van der Waals surface area contributed by atoms with E-state index in [1.54, 1.807) is 0 Å². The highest BCUT2D eigenvalue weighted by Crippen LogP contribution is 2.25. The second-order valence-electron chi connectivity index (χ2n) is 7.70. The summed E-state index contributed by atoms with van der Waals surface area (Å²) in [6.45, 7) is 7.53. The van der Waals surface area contributed by atoms with Gasteiger partial charge in [-0.25, -0.2) is 0 Å². The Bertz CT molecular complexity index is 248. The standard InChI is InChI=1S/C21H43NO/c1-3-5-7-9-11-13-21(12-10-8-6-4-2)22-17-14-20(15-18-22)16-19-23/h20-21,23H,3-19H2,1-2H3. The van der Waals surface area contributed by atoms with Crippen LogP contribution in [0.2, 0.25) is 0 Å². The van der Waals surface area contributed by atoms with E-state index in [-0.39, 0.29) is 0 Å². The van der Waals surface area contributed by atoms with Crippen LogP contribution in [0.4, 0.5) is 0 Å². The van der Waals surface area contributed by atoms with Gasteiger partial charge in [0.25, 0.3) is 0 Å². The highest BCUT2D eigenvalue weighted by atomic mass is 16.3. The molecule has 2 nitrogen and oxygen atoms in total. The van der Waals surface area contributed by atoms with Crippen LogP contribution in [0.15, 0.2) is 0 Å². The fourth-order valence-electron chi connectivity index (χ4n) is 4.09. The smallest absolute Gasteiger partial charge is 0.0433 e. The zero-order valence-electron chi connectivity index (χ0n) is 16.1. The first-order valence-corrected chi connectivity index (χ1v) is 10.7. The molecule has 0 saturated carbocycles. The third-order valence-corrected chi connectivity index (χ3v) is 5.73. The van der Waals surface area contributed by atoms with E-state index in [2.05, 4.69) is 18.7 Å². The average Bonchev–Trinajstić information content (AvgIpc) is 2.58. The monoisotopic (exact) mass is 325 g/mol. The fourth-order valence-corrected chi connectivity index (χ4v) is 4.09. The van der Waals surface area contributed by atoms with E-state index in [0.29, 0.717) is 6.61 Å². The van der Waals surface area contributed by atoms with Crippen LogP contribution in [-0.2, 0) is 0 Å². The predicted octanol–water partition coefficient (Wildman–Crippen LogP) is 5.78. The second-order valence-corrected chi connectivity index (χ2v) is 7.70. The molecule has 1 unspecified atom stereocenters. The van der Waals surface area contributed by atoms with Crippen molar-refractivity contribution in [2.45, 2.75) is 110 Å². The van der Waals surface area contributed by atoms with Gasteiger partial charge in [-0.2, -0.15) is 0 Å². The second kappa shape index (κ2) is 14.3. The minimum atomic E-state index is 0.378. The minimum absolute atomic E-state index is 0.378. The van der Waals surface area contributed by atoms with Crippen molar-refractivity contribution in [3.63, 3.8) is 0 Å². The minimum Gasteiger partial charge on any atom is -0.396 e. The van der Waals surface area contributed by atoms with Crippen LogP contribution in [0.25, 0.3) is 0 Å². The molecule has 1 aliphatic heterocycles. The van der Waals surface area contributed by atoms with Crippen LogP contribution in [-0.4, -0.2) is 35.7 Å². The van der Waals surface area contributed by atoms with Crippen molar-refractivity contribution in [3.8, 4) is 0 Å². The van der Waals surface area contributed by atoms with Crippen molar-refractivity contribution in [2.75, 3.05) is 19.7 Å². The molecule has 1 aliphatic rings. The summed E-state index contributed by atoms with van der Waals surface area (Å²) in [5.74, 6) is 0.779. The Morgan fingerprint density at radius 3 is 1.87 bits per heavy atom. The Labute approximate surface area is 146 Å². The number of nitrogens with zero attached hydrogens (tertiary/aromatic N) is 1. The molecule has 0 spiro atoms. The molecule has 1 fully saturated rings. The Morgan fingerprint density at radius 1 is 0.826 bits per heavy atom. The fraction of sp³-hybridized carbons (Fsp3) is 1.00. The van der Waals surface area contributed by atoms with Gasteiger partial charge in [-0.3, -0.25) is 0 Å². The number of likely N-dealkylation sites (tertiary alicyclic amines) is 1. The van der Waals surface area contributed by atoms with Crippen LogP contribution in [0.3, 0.4) is 0 Å². The van der Waals surface area contributed by atoms with Crippen molar-refractivity contribution >= 4 is 0 Å². The third-order valence-electron chi connectivity index (χ3n) is 5.73. The number of piperidine rings is 1. The molecule has 0 aromatic carbocycles. The molecule has 0 aliphatic carbocycles. The normalized spacial score (nSPS) is 18.4. The number of aliphatic hydroxyl groups is 1. The van der Waals surface area contributed by atoms with E-state index in [0.717, 1.165) is 18.4 Å². The zero-order valence-corrected chi connectivity index (χ0v) is 16.1. The SMILES string of the molecule is CCCCCCCC(CCCCCC)N1CCC(CCO)CC1. The number of unbranched alkanes of at least 4 members (excludes halogenated alkanes) is 7. The molecule has 23 heavy (non-hydrogen) atoms. The predicted molar refractivity (Wildman–Crippen MR) is 102 cm³/mol. The molecule has 1 saturated heterocycles. The van der Waals surface area contributed by atoms with Gasteiger partial charge in [-0.05, 0) is 51.1 Å². The van der Waals surface area contributed by atoms with Crippen molar-refractivity contribution in [1.82, 2.24) is 4.90 Å². The Kier molecular flexibility index (Phi) is 13.0.